The molecule has 200 valence electrons. The smallest absolute Gasteiger partial charge is 0.328 e. The van der Waals surface area contributed by atoms with Crippen molar-refractivity contribution in [3.63, 3.8) is 0 Å². The van der Waals surface area contributed by atoms with Gasteiger partial charge in [-0.1, -0.05) is 47.7 Å². The van der Waals surface area contributed by atoms with Crippen LogP contribution in [-0.2, 0) is 39.9 Å². The number of hydrogen-bond acceptors (Lipinski definition) is 11. The van der Waals surface area contributed by atoms with Crippen LogP contribution in [0.5, 0.6) is 0 Å². The minimum atomic E-state index is -1.79. The van der Waals surface area contributed by atoms with Gasteiger partial charge in [0.2, 0.25) is 5.91 Å². The normalized spacial score (nSPS) is 29.0. The van der Waals surface area contributed by atoms with Crippen LogP contribution in [0.1, 0.15) is 25.8 Å². The zero-order chi connectivity index (χ0) is 27.0. The average molecular weight is 587 g/mol. The third-order valence-corrected chi connectivity index (χ3v) is 10.0. The summed E-state index contributed by atoms with van der Waals surface area (Å²) in [5, 5.41) is 0.559. The lowest BCUT2D eigenvalue weighted by atomic mass is 9.75. The molecule has 4 unspecified atom stereocenters. The Morgan fingerprint density at radius 3 is 2.46 bits per heavy atom. The molecule has 1 aromatic carbocycles. The van der Waals surface area contributed by atoms with Crippen LogP contribution in [-0.4, -0.2) is 86.2 Å². The SMILES string of the molecule is CCOC(=O)CC1(C(=O)OCC)C(C(=O)OC)C2(SC(=S)N(Cc3ccc(Cl)cc3)C2=O)C2CSCN21. The molecule has 0 aliphatic carbocycles. The van der Waals surface area contributed by atoms with E-state index in [9.17, 15) is 19.2 Å². The van der Waals surface area contributed by atoms with Gasteiger partial charge in [-0.2, -0.15) is 0 Å². The van der Waals surface area contributed by atoms with E-state index in [2.05, 4.69) is 0 Å². The number of thiocarbonyl (C=S) groups is 1. The van der Waals surface area contributed by atoms with Gasteiger partial charge in [-0.25, -0.2) is 4.79 Å². The Bertz CT molecular complexity index is 1120. The minimum absolute atomic E-state index is 0.0259. The first-order chi connectivity index (χ1) is 17.7. The highest BCUT2D eigenvalue weighted by Crippen LogP contribution is 2.62. The molecule has 9 nitrogen and oxygen atoms in total. The first-order valence-electron chi connectivity index (χ1n) is 11.7. The second-order valence-corrected chi connectivity index (χ2v) is 12.1. The summed E-state index contributed by atoms with van der Waals surface area (Å²) in [6.07, 6.45) is -0.462. The summed E-state index contributed by atoms with van der Waals surface area (Å²) in [5.74, 6) is -3.21. The molecule has 13 heteroatoms. The molecule has 1 aromatic rings. The highest BCUT2D eigenvalue weighted by atomic mass is 35.5. The van der Waals surface area contributed by atoms with E-state index >= 15 is 0 Å². The molecule has 1 amide bonds. The van der Waals surface area contributed by atoms with Crippen LogP contribution in [0, 0.1) is 5.92 Å². The molecule has 4 atom stereocenters. The highest BCUT2D eigenvalue weighted by Gasteiger charge is 2.80. The van der Waals surface area contributed by atoms with Gasteiger partial charge in [0.15, 0.2) is 0 Å². The Balaban J connectivity index is 1.86. The van der Waals surface area contributed by atoms with Crippen LogP contribution in [0.4, 0.5) is 0 Å². The van der Waals surface area contributed by atoms with Crippen molar-refractivity contribution in [1.82, 2.24) is 9.80 Å². The van der Waals surface area contributed by atoms with Crippen LogP contribution in [0.2, 0.25) is 5.02 Å². The van der Waals surface area contributed by atoms with Crippen molar-refractivity contribution < 1.29 is 33.4 Å². The summed E-state index contributed by atoms with van der Waals surface area (Å²) in [6, 6.07) is 6.45. The molecule has 4 rings (SSSR count). The Morgan fingerprint density at radius 1 is 1.16 bits per heavy atom. The topological polar surface area (TPSA) is 102 Å². The molecule has 3 fully saturated rings. The zero-order valence-electron chi connectivity index (χ0n) is 20.6. The largest absolute Gasteiger partial charge is 0.469 e. The lowest BCUT2D eigenvalue weighted by Gasteiger charge is -2.38. The van der Waals surface area contributed by atoms with E-state index in [1.807, 2.05) is 0 Å². The maximum absolute atomic E-state index is 14.3. The Morgan fingerprint density at radius 2 is 1.84 bits per heavy atom. The van der Waals surface area contributed by atoms with Gasteiger partial charge >= 0.3 is 17.9 Å². The van der Waals surface area contributed by atoms with E-state index < -0.39 is 52.5 Å². The third kappa shape index (κ3) is 4.54. The van der Waals surface area contributed by atoms with E-state index in [4.69, 9.17) is 38.0 Å². The first kappa shape index (κ1) is 28.2. The summed E-state index contributed by atoms with van der Waals surface area (Å²) in [5.41, 5.74) is -0.996. The third-order valence-electron chi connectivity index (χ3n) is 6.89. The molecule has 3 heterocycles. The number of hydrogen-bond donors (Lipinski definition) is 0. The van der Waals surface area contributed by atoms with Crippen LogP contribution >= 0.6 is 47.3 Å². The molecule has 0 bridgehead atoms. The number of carbonyl (C=O) groups excluding carboxylic acids is 4. The van der Waals surface area contributed by atoms with E-state index in [-0.39, 0.29) is 24.1 Å². The Hall–Kier alpha value is -1.86. The van der Waals surface area contributed by atoms with Gasteiger partial charge in [0.05, 0.1) is 33.3 Å². The predicted molar refractivity (Wildman–Crippen MR) is 144 cm³/mol. The fourth-order valence-electron chi connectivity index (χ4n) is 5.43. The zero-order valence-corrected chi connectivity index (χ0v) is 23.8. The molecule has 0 saturated carbocycles. The molecular weight excluding hydrogens is 560 g/mol. The number of ether oxygens (including phenoxy) is 3. The number of methoxy groups -OCH3 is 1. The van der Waals surface area contributed by atoms with Crippen LogP contribution in [0.15, 0.2) is 24.3 Å². The van der Waals surface area contributed by atoms with Crippen LogP contribution < -0.4 is 0 Å². The highest BCUT2D eigenvalue weighted by molar-refractivity contribution is 8.25. The van der Waals surface area contributed by atoms with Crippen molar-refractivity contribution in [3.8, 4) is 0 Å². The average Bonchev–Trinajstić information content (AvgIpc) is 3.51. The van der Waals surface area contributed by atoms with Crippen LogP contribution in [0.25, 0.3) is 0 Å². The second-order valence-electron chi connectivity index (χ2n) is 8.75. The van der Waals surface area contributed by atoms with Gasteiger partial charge in [-0.3, -0.25) is 24.2 Å². The van der Waals surface area contributed by atoms with Gasteiger partial charge < -0.3 is 14.2 Å². The number of rotatable bonds is 8. The van der Waals surface area contributed by atoms with Crippen molar-refractivity contribution in [2.45, 2.75) is 43.1 Å². The molecule has 0 N–H and O–H groups in total. The number of amides is 1. The number of benzene rings is 1. The number of fused-ring (bicyclic) bond motifs is 2. The van der Waals surface area contributed by atoms with Gasteiger partial charge in [0, 0.05) is 22.7 Å². The molecule has 1 spiro atoms. The number of esters is 3. The van der Waals surface area contributed by atoms with E-state index in [0.29, 0.717) is 16.7 Å². The first-order valence-corrected chi connectivity index (χ1v) is 14.5. The standard InChI is InChI=1S/C24H27ClN2O7S3/c1-4-33-17(28)10-23(21(31)34-5-2)18(19(29)32-3)24(16-12-36-13-27(16)23)20(30)26(22(35)37-24)11-14-6-8-15(25)9-7-14/h6-9,16,18H,4-5,10-13H2,1-3H3. The fourth-order valence-corrected chi connectivity index (χ4v) is 9.10. The monoisotopic (exact) mass is 586 g/mol. The summed E-state index contributed by atoms with van der Waals surface area (Å²) < 4.78 is 14.6. The molecule has 3 saturated heterocycles. The lowest BCUT2D eigenvalue weighted by Crippen LogP contribution is -2.60. The summed E-state index contributed by atoms with van der Waals surface area (Å²) in [4.78, 5) is 57.7. The van der Waals surface area contributed by atoms with Crippen LogP contribution in [0.3, 0.4) is 0 Å². The second kappa shape index (κ2) is 11.1. The minimum Gasteiger partial charge on any atom is -0.469 e. The van der Waals surface area contributed by atoms with E-state index in [1.54, 1.807) is 43.0 Å². The van der Waals surface area contributed by atoms with Crippen molar-refractivity contribution in [1.29, 1.82) is 0 Å². The van der Waals surface area contributed by atoms with E-state index in [1.165, 1.54) is 23.8 Å². The number of carbonyl (C=O) groups is 4. The maximum atomic E-state index is 14.3. The van der Waals surface area contributed by atoms with Gasteiger partial charge in [-0.15, -0.1) is 11.8 Å². The summed E-state index contributed by atoms with van der Waals surface area (Å²) in [6.45, 7) is 3.58. The molecule has 3 aliphatic heterocycles. The number of nitrogens with zero attached hydrogens (tertiary/aromatic N) is 2. The molecular formula is C24H27ClN2O7S3. The van der Waals surface area contributed by atoms with Crippen molar-refractivity contribution in [2.75, 3.05) is 32.0 Å². The van der Waals surface area contributed by atoms with Gasteiger partial charge in [-0.05, 0) is 31.5 Å². The Kier molecular flexibility index (Phi) is 8.44. The molecule has 37 heavy (non-hydrogen) atoms. The summed E-state index contributed by atoms with van der Waals surface area (Å²) in [7, 11) is 1.20. The number of thioether (sulfide) groups is 2. The number of halogens is 1. The van der Waals surface area contributed by atoms with Crippen molar-refractivity contribution in [3.05, 3.63) is 34.9 Å². The van der Waals surface area contributed by atoms with Gasteiger partial charge in [0.25, 0.3) is 0 Å². The summed E-state index contributed by atoms with van der Waals surface area (Å²) >= 11 is 14.3. The maximum Gasteiger partial charge on any atom is 0.328 e. The molecule has 3 aliphatic rings. The predicted octanol–water partition coefficient (Wildman–Crippen LogP) is 2.87. The van der Waals surface area contributed by atoms with Crippen molar-refractivity contribution in [2.24, 2.45) is 5.92 Å². The van der Waals surface area contributed by atoms with Crippen molar-refractivity contribution >= 4 is 75.5 Å². The fraction of sp³-hybridized carbons (Fsp3) is 0.542. The quantitative estimate of drug-likeness (QED) is 0.255. The van der Waals surface area contributed by atoms with E-state index in [0.717, 1.165) is 17.3 Å². The molecule has 0 aromatic heterocycles. The van der Waals surface area contributed by atoms with Gasteiger partial charge in [0.1, 0.15) is 20.5 Å². The lowest BCUT2D eigenvalue weighted by molar-refractivity contribution is -0.171. The molecule has 0 radical (unpaired) electrons. The Labute approximate surface area is 233 Å².